The number of hydrogen-bond donors (Lipinski definition) is 2. The van der Waals surface area contributed by atoms with Gasteiger partial charge in [0.25, 0.3) is 0 Å². The van der Waals surface area contributed by atoms with Crippen molar-refractivity contribution in [2.75, 3.05) is 13.2 Å². The monoisotopic (exact) mass is 207 g/mol. The molecule has 80 valence electrons. The van der Waals surface area contributed by atoms with Gasteiger partial charge in [-0.1, -0.05) is 6.07 Å². The van der Waals surface area contributed by atoms with Crippen molar-refractivity contribution in [3.05, 3.63) is 29.3 Å². The van der Waals surface area contributed by atoms with Crippen LogP contribution in [0.1, 0.15) is 17.2 Å². The molecule has 0 spiro atoms. The summed E-state index contributed by atoms with van der Waals surface area (Å²) in [7, 11) is 0. The largest absolute Gasteiger partial charge is 0.508 e. The molecule has 2 rings (SSSR count). The zero-order chi connectivity index (χ0) is 10.8. The summed E-state index contributed by atoms with van der Waals surface area (Å²) in [4.78, 5) is 12.8. The number of rotatable bonds is 3. The van der Waals surface area contributed by atoms with Gasteiger partial charge in [-0.05, 0) is 23.3 Å². The quantitative estimate of drug-likeness (QED) is 0.706. The van der Waals surface area contributed by atoms with Crippen molar-refractivity contribution in [2.45, 2.75) is 12.6 Å². The molecular formula is C11H13NO3. The smallest absolute Gasteiger partial charge is 0.141 e. The first-order chi connectivity index (χ1) is 7.26. The molecular weight excluding hydrogens is 194 g/mol. The summed E-state index contributed by atoms with van der Waals surface area (Å²) in [5.41, 5.74) is 1.89. The lowest BCUT2D eigenvalue weighted by Gasteiger charge is -2.18. The second-order valence-corrected chi connectivity index (χ2v) is 3.66. The van der Waals surface area contributed by atoms with E-state index >= 15 is 0 Å². The van der Waals surface area contributed by atoms with E-state index in [1.54, 1.807) is 18.2 Å². The van der Waals surface area contributed by atoms with Crippen LogP contribution >= 0.6 is 0 Å². The van der Waals surface area contributed by atoms with E-state index in [9.17, 15) is 9.90 Å². The Hall–Kier alpha value is -1.39. The van der Waals surface area contributed by atoms with E-state index < -0.39 is 0 Å². The highest BCUT2D eigenvalue weighted by atomic mass is 16.3. The second kappa shape index (κ2) is 4.00. The Morgan fingerprint density at radius 1 is 1.53 bits per heavy atom. The molecule has 4 heteroatoms. The first kappa shape index (κ1) is 10.1. The average Bonchev–Trinajstić information content (AvgIpc) is 2.54. The van der Waals surface area contributed by atoms with Crippen LogP contribution in [0.2, 0.25) is 0 Å². The van der Waals surface area contributed by atoms with Crippen molar-refractivity contribution in [1.82, 2.24) is 4.90 Å². The summed E-state index contributed by atoms with van der Waals surface area (Å²) in [6.07, 6.45) is 0.874. The molecule has 0 aliphatic carbocycles. The van der Waals surface area contributed by atoms with Gasteiger partial charge in [0.2, 0.25) is 0 Å². The maximum absolute atomic E-state index is 11.0. The highest BCUT2D eigenvalue weighted by molar-refractivity contribution is 5.65. The third-order valence-electron chi connectivity index (χ3n) is 2.73. The molecule has 2 N–H and O–H groups in total. The summed E-state index contributed by atoms with van der Waals surface area (Å²) in [5.74, 6) is 0.212. The van der Waals surface area contributed by atoms with Crippen LogP contribution in [0.3, 0.4) is 0 Å². The van der Waals surface area contributed by atoms with Crippen LogP contribution in [-0.4, -0.2) is 34.6 Å². The molecule has 4 nitrogen and oxygen atoms in total. The summed E-state index contributed by atoms with van der Waals surface area (Å²) in [6.45, 7) is 1.11. The third-order valence-corrected chi connectivity index (χ3v) is 2.73. The molecule has 1 aliphatic rings. The molecule has 1 aliphatic heterocycles. The van der Waals surface area contributed by atoms with Crippen molar-refractivity contribution >= 4 is 6.29 Å². The molecule has 0 aromatic heterocycles. The van der Waals surface area contributed by atoms with E-state index in [2.05, 4.69) is 0 Å². The van der Waals surface area contributed by atoms with Crippen LogP contribution in [0.5, 0.6) is 5.75 Å². The number of carbonyl (C=O) groups is 1. The van der Waals surface area contributed by atoms with E-state index in [4.69, 9.17) is 5.11 Å². The van der Waals surface area contributed by atoms with Gasteiger partial charge in [-0.25, -0.2) is 0 Å². The fraction of sp³-hybridized carbons (Fsp3) is 0.364. The number of phenols is 1. The predicted octanol–water partition coefficient (Wildman–Crippen LogP) is 0.440. The standard InChI is InChI=1S/C11H13NO3/c13-4-3-12-6-8-5-9(15)1-2-10(8)11(12)7-14/h1-2,5,7,11,13,15H,3-4,6H2. The van der Waals surface area contributed by atoms with Crippen molar-refractivity contribution in [2.24, 2.45) is 0 Å². The molecule has 1 heterocycles. The molecule has 1 aromatic carbocycles. The lowest BCUT2D eigenvalue weighted by molar-refractivity contribution is -0.112. The number of aliphatic hydroxyl groups excluding tert-OH is 1. The zero-order valence-electron chi connectivity index (χ0n) is 8.26. The molecule has 0 saturated carbocycles. The van der Waals surface area contributed by atoms with Crippen LogP contribution in [0.15, 0.2) is 18.2 Å². The average molecular weight is 207 g/mol. The summed E-state index contributed by atoms with van der Waals surface area (Å²) in [5, 5.41) is 18.2. The van der Waals surface area contributed by atoms with Gasteiger partial charge in [0.05, 0.1) is 12.6 Å². The highest BCUT2D eigenvalue weighted by Gasteiger charge is 2.29. The molecule has 1 unspecified atom stereocenters. The lowest BCUT2D eigenvalue weighted by atomic mass is 10.1. The summed E-state index contributed by atoms with van der Waals surface area (Å²) >= 11 is 0. The Morgan fingerprint density at radius 2 is 2.33 bits per heavy atom. The normalized spacial score (nSPS) is 20.2. The fourth-order valence-corrected chi connectivity index (χ4v) is 2.04. The van der Waals surface area contributed by atoms with Gasteiger partial charge in [0.15, 0.2) is 0 Å². The minimum atomic E-state index is -0.284. The number of fused-ring (bicyclic) bond motifs is 1. The lowest BCUT2D eigenvalue weighted by Crippen LogP contribution is -2.26. The van der Waals surface area contributed by atoms with Crippen molar-refractivity contribution < 1.29 is 15.0 Å². The predicted molar refractivity (Wildman–Crippen MR) is 54.4 cm³/mol. The Balaban J connectivity index is 2.32. The Bertz CT molecular complexity index is 378. The van der Waals surface area contributed by atoms with E-state index in [0.717, 1.165) is 17.4 Å². The summed E-state index contributed by atoms with van der Waals surface area (Å²) in [6, 6.07) is 4.73. The van der Waals surface area contributed by atoms with E-state index in [1.165, 1.54) is 0 Å². The maximum Gasteiger partial charge on any atom is 0.141 e. The number of hydrogen-bond acceptors (Lipinski definition) is 4. The molecule has 1 atom stereocenters. The zero-order valence-corrected chi connectivity index (χ0v) is 8.26. The van der Waals surface area contributed by atoms with Gasteiger partial charge in [0.1, 0.15) is 12.0 Å². The topological polar surface area (TPSA) is 60.8 Å². The van der Waals surface area contributed by atoms with E-state index in [1.807, 2.05) is 4.90 Å². The molecule has 1 aromatic rings. The Labute approximate surface area is 87.8 Å². The van der Waals surface area contributed by atoms with Crippen molar-refractivity contribution in [3.8, 4) is 5.75 Å². The third kappa shape index (κ3) is 1.73. The molecule has 0 radical (unpaired) electrons. The number of benzene rings is 1. The van der Waals surface area contributed by atoms with E-state index in [0.29, 0.717) is 13.1 Å². The van der Waals surface area contributed by atoms with Gasteiger partial charge in [0, 0.05) is 13.1 Å². The van der Waals surface area contributed by atoms with E-state index in [-0.39, 0.29) is 18.4 Å². The van der Waals surface area contributed by atoms with Gasteiger partial charge >= 0.3 is 0 Å². The fourth-order valence-electron chi connectivity index (χ4n) is 2.04. The van der Waals surface area contributed by atoms with Crippen LogP contribution in [0, 0.1) is 0 Å². The number of nitrogens with zero attached hydrogens (tertiary/aromatic N) is 1. The van der Waals surface area contributed by atoms with Crippen molar-refractivity contribution in [1.29, 1.82) is 0 Å². The SMILES string of the molecule is O=CC1c2ccc(O)cc2CN1CCO. The minimum absolute atomic E-state index is 0.0321. The number of β-amino-alcohol motifs (C(OH)–C–C–N with tert-alkyl or cyclic N) is 1. The minimum Gasteiger partial charge on any atom is -0.508 e. The van der Waals surface area contributed by atoms with Crippen LogP contribution in [0.25, 0.3) is 0 Å². The van der Waals surface area contributed by atoms with Gasteiger partial charge in [-0.15, -0.1) is 0 Å². The van der Waals surface area contributed by atoms with Crippen LogP contribution in [0.4, 0.5) is 0 Å². The molecule has 15 heavy (non-hydrogen) atoms. The number of aromatic hydroxyl groups is 1. The van der Waals surface area contributed by atoms with Gasteiger partial charge < -0.3 is 15.0 Å². The van der Waals surface area contributed by atoms with Crippen LogP contribution in [-0.2, 0) is 11.3 Å². The highest BCUT2D eigenvalue weighted by Crippen LogP contribution is 2.33. The second-order valence-electron chi connectivity index (χ2n) is 3.66. The molecule has 0 bridgehead atoms. The van der Waals surface area contributed by atoms with Gasteiger partial charge in [-0.3, -0.25) is 4.90 Å². The van der Waals surface area contributed by atoms with Crippen molar-refractivity contribution in [3.63, 3.8) is 0 Å². The summed E-state index contributed by atoms with van der Waals surface area (Å²) < 4.78 is 0. The molecule has 0 amide bonds. The first-order valence-corrected chi connectivity index (χ1v) is 4.88. The molecule has 0 saturated heterocycles. The number of aldehydes is 1. The Morgan fingerprint density at radius 3 is 3.00 bits per heavy atom. The Kier molecular flexibility index (Phi) is 2.70. The van der Waals surface area contributed by atoms with Crippen LogP contribution < -0.4 is 0 Å². The number of aliphatic hydroxyl groups is 1. The van der Waals surface area contributed by atoms with Gasteiger partial charge in [-0.2, -0.15) is 0 Å². The number of phenolic OH excluding ortho intramolecular Hbond substituents is 1. The maximum atomic E-state index is 11.0. The number of carbonyl (C=O) groups excluding carboxylic acids is 1. The molecule has 0 fully saturated rings. The first-order valence-electron chi connectivity index (χ1n) is 4.88.